The predicted molar refractivity (Wildman–Crippen MR) is 111 cm³/mol. The van der Waals surface area contributed by atoms with Crippen LogP contribution in [-0.4, -0.2) is 38.1 Å². The zero-order chi connectivity index (χ0) is 20.0. The fraction of sp³-hybridized carbons (Fsp3) is 0.435. The van der Waals surface area contributed by atoms with Gasteiger partial charge >= 0.3 is 0 Å². The van der Waals surface area contributed by atoms with Crippen molar-refractivity contribution in [3.8, 4) is 5.75 Å². The molecule has 2 aromatic rings. The summed E-state index contributed by atoms with van der Waals surface area (Å²) in [5.41, 5.74) is 3.79. The van der Waals surface area contributed by atoms with Crippen molar-refractivity contribution in [2.24, 2.45) is 0 Å². The number of ether oxygens (including phenoxy) is 1. The summed E-state index contributed by atoms with van der Waals surface area (Å²) >= 11 is 0. The van der Waals surface area contributed by atoms with Crippen LogP contribution in [0.25, 0.3) is 0 Å². The molecule has 0 spiro atoms. The molecule has 0 saturated carbocycles. The Kier molecular flexibility index (Phi) is 7.03. The molecule has 0 fully saturated rings. The molecule has 1 N–H and O–H groups in total. The maximum absolute atomic E-state index is 12.2. The van der Waals surface area contributed by atoms with Crippen molar-refractivity contribution in [2.75, 3.05) is 27.2 Å². The molecule has 0 aromatic heterocycles. The second-order valence-corrected chi connectivity index (χ2v) is 8.26. The molecule has 4 nitrogen and oxygen atoms in total. The van der Waals surface area contributed by atoms with Crippen LogP contribution in [0.1, 0.15) is 43.5 Å². The lowest BCUT2D eigenvalue weighted by atomic mass is 9.86. The van der Waals surface area contributed by atoms with E-state index >= 15 is 0 Å². The van der Waals surface area contributed by atoms with Gasteiger partial charge in [-0.25, -0.2) is 0 Å². The molecule has 2 aromatic carbocycles. The Hall–Kier alpha value is -2.33. The molecule has 146 valence electrons. The summed E-state index contributed by atoms with van der Waals surface area (Å²) in [7, 11) is 4.05. The first kappa shape index (κ1) is 21.0. The Morgan fingerprint density at radius 3 is 2.15 bits per heavy atom. The molecule has 0 saturated heterocycles. The lowest BCUT2D eigenvalue weighted by Crippen LogP contribution is -2.36. The first-order valence-corrected chi connectivity index (χ1v) is 9.40. The molecule has 1 atom stereocenters. The number of nitrogens with zero attached hydrogens (tertiary/aromatic N) is 1. The van der Waals surface area contributed by atoms with E-state index in [0.717, 1.165) is 5.56 Å². The van der Waals surface area contributed by atoms with Crippen LogP contribution in [-0.2, 0) is 10.2 Å². The topological polar surface area (TPSA) is 41.6 Å². The zero-order valence-corrected chi connectivity index (χ0v) is 17.4. The average Bonchev–Trinajstić information content (AvgIpc) is 2.61. The fourth-order valence-corrected chi connectivity index (χ4v) is 2.85. The Bertz CT molecular complexity index is 728. The van der Waals surface area contributed by atoms with Gasteiger partial charge in [0, 0.05) is 6.54 Å². The highest BCUT2D eigenvalue weighted by Gasteiger charge is 2.18. The number of likely N-dealkylation sites (N-methyl/N-ethyl adjacent to an activating group) is 1. The van der Waals surface area contributed by atoms with Crippen molar-refractivity contribution in [2.45, 2.75) is 39.2 Å². The normalized spacial score (nSPS) is 12.7. The standard InChI is InChI=1S/C23H32N2O2/c1-17-7-13-20(14-8-17)27-16-22(26)24-15-21(25(5)6)18-9-11-19(12-10-18)23(2,3)4/h7-14,21H,15-16H2,1-6H3,(H,24,26)/t21-/m1/s1. The van der Waals surface area contributed by atoms with Crippen molar-refractivity contribution in [3.63, 3.8) is 0 Å². The molecule has 4 heteroatoms. The Morgan fingerprint density at radius 1 is 1.04 bits per heavy atom. The summed E-state index contributed by atoms with van der Waals surface area (Å²) in [5.74, 6) is 0.589. The number of amides is 1. The minimum absolute atomic E-state index is 0.0200. The SMILES string of the molecule is Cc1ccc(OCC(=O)NC[C@H](c2ccc(C(C)(C)C)cc2)N(C)C)cc1. The highest BCUT2D eigenvalue weighted by molar-refractivity contribution is 5.77. The van der Waals surface area contributed by atoms with Gasteiger partial charge in [0.15, 0.2) is 6.61 Å². The summed E-state index contributed by atoms with van der Waals surface area (Å²) in [6.07, 6.45) is 0. The summed E-state index contributed by atoms with van der Waals surface area (Å²) < 4.78 is 5.55. The Labute approximate surface area is 163 Å². The zero-order valence-electron chi connectivity index (χ0n) is 17.4. The number of benzene rings is 2. The van der Waals surface area contributed by atoms with Gasteiger partial charge in [0.2, 0.25) is 0 Å². The number of hydrogen-bond acceptors (Lipinski definition) is 3. The molecule has 0 bridgehead atoms. The van der Waals surface area contributed by atoms with Gasteiger partial charge in [-0.05, 0) is 49.7 Å². The summed E-state index contributed by atoms with van der Waals surface area (Å²) in [6, 6.07) is 16.5. The molecular formula is C23H32N2O2. The van der Waals surface area contributed by atoms with Crippen LogP contribution in [0.5, 0.6) is 5.75 Å². The van der Waals surface area contributed by atoms with Gasteiger partial charge in [0.1, 0.15) is 5.75 Å². The highest BCUT2D eigenvalue weighted by Crippen LogP contribution is 2.25. The molecule has 1 amide bonds. The average molecular weight is 369 g/mol. The smallest absolute Gasteiger partial charge is 0.258 e. The summed E-state index contributed by atoms with van der Waals surface area (Å²) in [6.45, 7) is 9.20. The van der Waals surface area contributed by atoms with Crippen molar-refractivity contribution >= 4 is 5.91 Å². The lowest BCUT2D eigenvalue weighted by Gasteiger charge is -2.26. The van der Waals surface area contributed by atoms with Crippen molar-refractivity contribution in [3.05, 3.63) is 65.2 Å². The molecule has 2 rings (SSSR count). The lowest BCUT2D eigenvalue weighted by molar-refractivity contribution is -0.123. The monoisotopic (exact) mass is 368 g/mol. The second kappa shape index (κ2) is 9.05. The van der Waals surface area contributed by atoms with Crippen molar-refractivity contribution < 1.29 is 9.53 Å². The van der Waals surface area contributed by atoms with Crippen LogP contribution in [0, 0.1) is 6.92 Å². The number of hydrogen-bond donors (Lipinski definition) is 1. The van der Waals surface area contributed by atoms with Gasteiger partial charge in [-0.3, -0.25) is 4.79 Å². The quantitative estimate of drug-likeness (QED) is 0.800. The first-order valence-electron chi connectivity index (χ1n) is 9.40. The van der Waals surface area contributed by atoms with E-state index in [9.17, 15) is 4.79 Å². The van der Waals surface area contributed by atoms with E-state index in [-0.39, 0.29) is 24.0 Å². The van der Waals surface area contributed by atoms with Crippen LogP contribution in [0.2, 0.25) is 0 Å². The minimum Gasteiger partial charge on any atom is -0.484 e. The van der Waals surface area contributed by atoms with E-state index in [4.69, 9.17) is 4.74 Å². The van der Waals surface area contributed by atoms with E-state index in [2.05, 4.69) is 55.3 Å². The van der Waals surface area contributed by atoms with Crippen LogP contribution < -0.4 is 10.1 Å². The largest absolute Gasteiger partial charge is 0.484 e. The van der Waals surface area contributed by atoms with Gasteiger partial charge in [-0.15, -0.1) is 0 Å². The number of nitrogens with one attached hydrogen (secondary N) is 1. The van der Waals surface area contributed by atoms with Gasteiger partial charge in [0.25, 0.3) is 5.91 Å². The number of carbonyl (C=O) groups excluding carboxylic acids is 1. The van der Waals surface area contributed by atoms with Crippen molar-refractivity contribution in [1.29, 1.82) is 0 Å². The van der Waals surface area contributed by atoms with Crippen LogP contribution >= 0.6 is 0 Å². The molecule has 0 unspecified atom stereocenters. The molecule has 0 radical (unpaired) electrons. The number of rotatable bonds is 7. The molecular weight excluding hydrogens is 336 g/mol. The predicted octanol–water partition coefficient (Wildman–Crippen LogP) is 4.09. The second-order valence-electron chi connectivity index (χ2n) is 8.26. The Balaban J connectivity index is 1.92. The number of aryl methyl sites for hydroxylation is 1. The third-order valence-electron chi connectivity index (χ3n) is 4.67. The van der Waals surface area contributed by atoms with E-state index in [1.54, 1.807) is 0 Å². The number of carbonyl (C=O) groups is 1. The van der Waals surface area contributed by atoms with E-state index in [1.165, 1.54) is 11.1 Å². The van der Waals surface area contributed by atoms with Gasteiger partial charge in [0.05, 0.1) is 6.04 Å². The van der Waals surface area contributed by atoms with Gasteiger partial charge < -0.3 is 15.0 Å². The highest BCUT2D eigenvalue weighted by atomic mass is 16.5. The van der Waals surface area contributed by atoms with Crippen LogP contribution in [0.4, 0.5) is 0 Å². The molecule has 0 aliphatic carbocycles. The van der Waals surface area contributed by atoms with Gasteiger partial charge in [-0.1, -0.05) is 62.7 Å². The third kappa shape index (κ3) is 6.40. The molecule has 0 aliphatic rings. The maximum Gasteiger partial charge on any atom is 0.258 e. The minimum atomic E-state index is -0.117. The van der Waals surface area contributed by atoms with Crippen LogP contribution in [0.3, 0.4) is 0 Å². The molecule has 0 heterocycles. The summed E-state index contributed by atoms with van der Waals surface area (Å²) in [5, 5.41) is 2.98. The Morgan fingerprint density at radius 2 is 1.63 bits per heavy atom. The third-order valence-corrected chi connectivity index (χ3v) is 4.67. The van der Waals surface area contributed by atoms with Gasteiger partial charge in [-0.2, -0.15) is 0 Å². The van der Waals surface area contributed by atoms with E-state index in [0.29, 0.717) is 12.3 Å². The van der Waals surface area contributed by atoms with E-state index < -0.39 is 0 Å². The summed E-state index contributed by atoms with van der Waals surface area (Å²) in [4.78, 5) is 14.3. The molecule has 0 aliphatic heterocycles. The van der Waals surface area contributed by atoms with Crippen molar-refractivity contribution in [1.82, 2.24) is 10.2 Å². The first-order chi connectivity index (χ1) is 12.7. The van der Waals surface area contributed by atoms with Crippen LogP contribution in [0.15, 0.2) is 48.5 Å². The maximum atomic E-state index is 12.2. The molecule has 27 heavy (non-hydrogen) atoms. The fourth-order valence-electron chi connectivity index (χ4n) is 2.85. The van der Waals surface area contributed by atoms with E-state index in [1.807, 2.05) is 45.3 Å².